The maximum Gasteiger partial charge on any atom is 0.259 e. The van der Waals surface area contributed by atoms with Crippen LogP contribution in [0.2, 0.25) is 0 Å². The molecule has 1 amide bonds. The van der Waals surface area contributed by atoms with Crippen molar-refractivity contribution in [3.05, 3.63) is 41.6 Å². The van der Waals surface area contributed by atoms with Gasteiger partial charge in [-0.2, -0.15) is 0 Å². The van der Waals surface area contributed by atoms with Crippen molar-refractivity contribution in [2.24, 2.45) is 5.92 Å². The first-order valence-electron chi connectivity index (χ1n) is 7.46. The Morgan fingerprint density at radius 1 is 1.24 bits per heavy atom. The number of rotatable bonds is 2. The summed E-state index contributed by atoms with van der Waals surface area (Å²) in [5.74, 6) is 1.30. The second-order valence-corrected chi connectivity index (χ2v) is 5.91. The summed E-state index contributed by atoms with van der Waals surface area (Å²) in [6, 6.07) is 7.94. The molecule has 3 rings (SSSR count). The molecule has 21 heavy (non-hydrogen) atoms. The molecule has 0 atom stereocenters. The summed E-state index contributed by atoms with van der Waals surface area (Å²) in [4.78, 5) is 14.6. The minimum Gasteiger partial charge on any atom is -0.355 e. The Balaban J connectivity index is 1.85. The summed E-state index contributed by atoms with van der Waals surface area (Å²) in [6.07, 6.45) is 3.67. The molecule has 1 fully saturated rings. The highest BCUT2D eigenvalue weighted by molar-refractivity contribution is 5.99. The second kappa shape index (κ2) is 5.72. The molecular weight excluding hydrogens is 264 g/mol. The van der Waals surface area contributed by atoms with Gasteiger partial charge in [0.05, 0.1) is 6.20 Å². The van der Waals surface area contributed by atoms with E-state index in [1.165, 1.54) is 11.8 Å². The van der Waals surface area contributed by atoms with E-state index < -0.39 is 0 Å². The van der Waals surface area contributed by atoms with Crippen LogP contribution in [0.25, 0.3) is 11.3 Å². The first-order chi connectivity index (χ1) is 10.1. The van der Waals surface area contributed by atoms with Crippen LogP contribution >= 0.6 is 0 Å². The molecule has 1 saturated heterocycles. The molecule has 0 radical (unpaired) electrons. The number of hydrogen-bond donors (Lipinski definition) is 0. The molecule has 1 aliphatic heterocycles. The molecule has 4 nitrogen and oxygen atoms in total. The number of piperidine rings is 1. The van der Waals surface area contributed by atoms with E-state index >= 15 is 0 Å². The topological polar surface area (TPSA) is 46.3 Å². The van der Waals surface area contributed by atoms with Crippen LogP contribution < -0.4 is 0 Å². The normalized spacial score (nSPS) is 16.2. The monoisotopic (exact) mass is 284 g/mol. The van der Waals surface area contributed by atoms with E-state index in [4.69, 9.17) is 4.52 Å². The largest absolute Gasteiger partial charge is 0.355 e. The lowest BCUT2D eigenvalue weighted by atomic mass is 9.98. The van der Waals surface area contributed by atoms with Gasteiger partial charge < -0.3 is 9.42 Å². The van der Waals surface area contributed by atoms with Gasteiger partial charge in [-0.15, -0.1) is 0 Å². The Morgan fingerprint density at radius 2 is 1.90 bits per heavy atom. The molecule has 110 valence electrons. The third-order valence-electron chi connectivity index (χ3n) is 4.19. The molecule has 0 N–H and O–H groups in total. The second-order valence-electron chi connectivity index (χ2n) is 5.91. The van der Waals surface area contributed by atoms with Gasteiger partial charge >= 0.3 is 0 Å². The van der Waals surface area contributed by atoms with Crippen molar-refractivity contribution in [2.45, 2.75) is 26.7 Å². The third kappa shape index (κ3) is 2.84. The lowest BCUT2D eigenvalue weighted by Crippen LogP contribution is -2.37. The van der Waals surface area contributed by atoms with Gasteiger partial charge in [0.15, 0.2) is 5.76 Å². The van der Waals surface area contributed by atoms with Gasteiger partial charge in [0.25, 0.3) is 5.91 Å². The smallest absolute Gasteiger partial charge is 0.259 e. The number of aryl methyl sites for hydroxylation is 1. The Bertz CT molecular complexity index is 622. The van der Waals surface area contributed by atoms with E-state index in [1.54, 1.807) is 0 Å². The highest BCUT2D eigenvalue weighted by Gasteiger charge is 2.25. The fraction of sp³-hybridized carbons (Fsp3) is 0.412. The van der Waals surface area contributed by atoms with E-state index in [-0.39, 0.29) is 5.91 Å². The average molecular weight is 284 g/mol. The van der Waals surface area contributed by atoms with Crippen LogP contribution in [0.3, 0.4) is 0 Å². The molecule has 1 aromatic carbocycles. The third-order valence-corrected chi connectivity index (χ3v) is 4.19. The minimum absolute atomic E-state index is 0.0266. The number of hydrogen-bond acceptors (Lipinski definition) is 3. The van der Waals surface area contributed by atoms with E-state index in [0.717, 1.165) is 31.5 Å². The zero-order chi connectivity index (χ0) is 14.8. The molecule has 0 aliphatic carbocycles. The maximum absolute atomic E-state index is 12.7. The summed E-state index contributed by atoms with van der Waals surface area (Å²) in [6.45, 7) is 5.90. The first-order valence-corrected chi connectivity index (χ1v) is 7.46. The number of benzene rings is 1. The van der Waals surface area contributed by atoms with Gasteiger partial charge in [-0.1, -0.05) is 41.9 Å². The van der Waals surface area contributed by atoms with Crippen molar-refractivity contribution in [3.63, 3.8) is 0 Å². The number of carbonyl (C=O) groups is 1. The quantitative estimate of drug-likeness (QED) is 0.847. The molecule has 0 bridgehead atoms. The summed E-state index contributed by atoms with van der Waals surface area (Å²) in [7, 11) is 0. The standard InChI is InChI=1S/C17H20N2O2/c1-12-3-5-14(6-4-12)16-15(11-18-21-16)17(20)19-9-7-13(2)8-10-19/h3-6,11,13H,7-10H2,1-2H3. The molecular formula is C17H20N2O2. The van der Waals surface area contributed by atoms with Crippen LogP contribution in [-0.4, -0.2) is 29.1 Å². The Morgan fingerprint density at radius 3 is 2.57 bits per heavy atom. The number of carbonyl (C=O) groups excluding carboxylic acids is 1. The van der Waals surface area contributed by atoms with E-state index in [2.05, 4.69) is 12.1 Å². The summed E-state index contributed by atoms with van der Waals surface area (Å²) >= 11 is 0. The SMILES string of the molecule is Cc1ccc(-c2oncc2C(=O)N2CCC(C)CC2)cc1. The average Bonchev–Trinajstić information content (AvgIpc) is 2.97. The van der Waals surface area contributed by atoms with E-state index in [1.807, 2.05) is 36.1 Å². The molecule has 0 unspecified atom stereocenters. The first kappa shape index (κ1) is 13.9. The fourth-order valence-electron chi connectivity index (χ4n) is 2.69. The predicted molar refractivity (Wildman–Crippen MR) is 81.0 cm³/mol. The van der Waals surface area contributed by atoms with E-state index in [0.29, 0.717) is 17.2 Å². The highest BCUT2D eigenvalue weighted by atomic mass is 16.5. The number of amides is 1. The molecule has 0 saturated carbocycles. The van der Waals surface area contributed by atoms with Gasteiger partial charge in [-0.25, -0.2) is 0 Å². The lowest BCUT2D eigenvalue weighted by Gasteiger charge is -2.30. The molecule has 1 aromatic heterocycles. The van der Waals surface area contributed by atoms with Gasteiger partial charge in [0.2, 0.25) is 0 Å². The Labute approximate surface area is 124 Å². The van der Waals surface area contributed by atoms with Gasteiger partial charge in [0.1, 0.15) is 5.56 Å². The summed E-state index contributed by atoms with van der Waals surface area (Å²) in [5, 5.41) is 3.83. The van der Waals surface area contributed by atoms with Crippen molar-refractivity contribution in [1.29, 1.82) is 0 Å². The molecule has 0 spiro atoms. The van der Waals surface area contributed by atoms with Crippen molar-refractivity contribution >= 4 is 5.91 Å². The van der Waals surface area contributed by atoms with Crippen LogP contribution in [0.15, 0.2) is 35.0 Å². The lowest BCUT2D eigenvalue weighted by molar-refractivity contribution is 0.0697. The number of likely N-dealkylation sites (tertiary alicyclic amines) is 1. The molecule has 2 heterocycles. The van der Waals surface area contributed by atoms with Crippen molar-refractivity contribution < 1.29 is 9.32 Å². The van der Waals surface area contributed by atoms with Crippen molar-refractivity contribution in [2.75, 3.05) is 13.1 Å². The minimum atomic E-state index is 0.0266. The fourth-order valence-corrected chi connectivity index (χ4v) is 2.69. The number of aromatic nitrogens is 1. The van der Waals surface area contributed by atoms with Gasteiger partial charge in [-0.3, -0.25) is 4.79 Å². The highest BCUT2D eigenvalue weighted by Crippen LogP contribution is 2.26. The van der Waals surface area contributed by atoms with Crippen LogP contribution in [0.4, 0.5) is 0 Å². The van der Waals surface area contributed by atoms with Crippen LogP contribution in [0, 0.1) is 12.8 Å². The van der Waals surface area contributed by atoms with Gasteiger partial charge in [0, 0.05) is 18.7 Å². The zero-order valence-corrected chi connectivity index (χ0v) is 12.5. The van der Waals surface area contributed by atoms with Crippen LogP contribution in [-0.2, 0) is 0 Å². The molecule has 1 aliphatic rings. The maximum atomic E-state index is 12.7. The number of nitrogens with zero attached hydrogens (tertiary/aromatic N) is 2. The molecule has 4 heteroatoms. The van der Waals surface area contributed by atoms with Crippen molar-refractivity contribution in [1.82, 2.24) is 10.1 Å². The summed E-state index contributed by atoms with van der Waals surface area (Å²) in [5.41, 5.74) is 2.64. The van der Waals surface area contributed by atoms with Crippen LogP contribution in [0.5, 0.6) is 0 Å². The van der Waals surface area contributed by atoms with Crippen molar-refractivity contribution in [3.8, 4) is 11.3 Å². The predicted octanol–water partition coefficient (Wildman–Crippen LogP) is 3.52. The molecule has 2 aromatic rings. The van der Waals surface area contributed by atoms with E-state index in [9.17, 15) is 4.79 Å². The van der Waals surface area contributed by atoms with Crippen LogP contribution in [0.1, 0.15) is 35.7 Å². The van der Waals surface area contributed by atoms with Gasteiger partial charge in [-0.05, 0) is 25.7 Å². The zero-order valence-electron chi connectivity index (χ0n) is 12.5. The Hall–Kier alpha value is -2.10. The Kier molecular flexibility index (Phi) is 3.78. The summed E-state index contributed by atoms with van der Waals surface area (Å²) < 4.78 is 5.33.